The van der Waals surface area contributed by atoms with Crippen LogP contribution in [-0.4, -0.2) is 5.78 Å². The fraction of sp³-hybridized carbons (Fsp3) is 0.364. The Hall–Kier alpha value is -0.520. The van der Waals surface area contributed by atoms with E-state index in [9.17, 15) is 13.6 Å². The van der Waals surface area contributed by atoms with E-state index < -0.39 is 6.43 Å². The first kappa shape index (κ1) is 12.5. The monoisotopic (exact) mass is 324 g/mol. The number of carbonyl (C=O) groups excluding carboxylic acids is 1. The summed E-state index contributed by atoms with van der Waals surface area (Å²) >= 11 is 1.91. The van der Waals surface area contributed by atoms with Crippen molar-refractivity contribution in [3.05, 3.63) is 32.4 Å². The van der Waals surface area contributed by atoms with Gasteiger partial charge < -0.3 is 0 Å². The molecule has 82 valence electrons. The van der Waals surface area contributed by atoms with Gasteiger partial charge in [-0.05, 0) is 53.6 Å². The zero-order valence-corrected chi connectivity index (χ0v) is 10.6. The molecule has 0 fully saturated rings. The van der Waals surface area contributed by atoms with Gasteiger partial charge in [-0.25, -0.2) is 8.78 Å². The predicted octanol–water partition coefficient (Wildman–Crippen LogP) is 3.99. The Bertz CT molecular complexity index is 388. The van der Waals surface area contributed by atoms with Crippen LogP contribution >= 0.6 is 22.6 Å². The van der Waals surface area contributed by atoms with Crippen LogP contribution < -0.4 is 0 Å². The number of ketones is 1. The van der Waals surface area contributed by atoms with Gasteiger partial charge in [0.25, 0.3) is 6.43 Å². The molecular weight excluding hydrogens is 313 g/mol. The quantitative estimate of drug-likeness (QED) is 0.607. The van der Waals surface area contributed by atoms with Gasteiger partial charge in [-0.1, -0.05) is 6.92 Å². The lowest BCUT2D eigenvalue weighted by Gasteiger charge is -2.10. The topological polar surface area (TPSA) is 17.1 Å². The van der Waals surface area contributed by atoms with Gasteiger partial charge >= 0.3 is 0 Å². The molecule has 0 radical (unpaired) electrons. The number of hydrogen-bond donors (Lipinski definition) is 0. The van der Waals surface area contributed by atoms with Crippen LogP contribution in [0.5, 0.6) is 0 Å². The van der Waals surface area contributed by atoms with E-state index in [-0.39, 0.29) is 11.3 Å². The van der Waals surface area contributed by atoms with Gasteiger partial charge in [0, 0.05) is 14.7 Å². The molecule has 0 atom stereocenters. The average molecular weight is 324 g/mol. The normalized spacial score (nSPS) is 10.8. The van der Waals surface area contributed by atoms with Gasteiger partial charge in [-0.2, -0.15) is 0 Å². The zero-order chi connectivity index (χ0) is 11.6. The lowest BCUT2D eigenvalue weighted by atomic mass is 10.0. The minimum Gasteiger partial charge on any atom is -0.294 e. The molecule has 0 aliphatic carbocycles. The number of hydrogen-bond acceptors (Lipinski definition) is 1. The van der Waals surface area contributed by atoms with E-state index in [4.69, 9.17) is 0 Å². The number of aryl methyl sites for hydroxylation is 1. The van der Waals surface area contributed by atoms with Crippen molar-refractivity contribution in [2.75, 3.05) is 0 Å². The highest BCUT2D eigenvalue weighted by Crippen LogP contribution is 2.27. The fourth-order valence-corrected chi connectivity index (χ4v) is 2.28. The molecule has 1 aromatic carbocycles. The van der Waals surface area contributed by atoms with Crippen molar-refractivity contribution >= 4 is 28.4 Å². The molecule has 1 nitrogen and oxygen atoms in total. The summed E-state index contributed by atoms with van der Waals surface area (Å²) < 4.78 is 25.9. The third-order valence-electron chi connectivity index (χ3n) is 2.22. The number of Topliss-reactive ketones (excluding diaryl/α,β-unsaturated/α-hetero) is 1. The molecule has 4 heteroatoms. The molecule has 0 saturated heterocycles. The van der Waals surface area contributed by atoms with Crippen LogP contribution in [0.4, 0.5) is 8.78 Å². The Morgan fingerprint density at radius 2 is 2.07 bits per heavy atom. The third-order valence-corrected chi connectivity index (χ3v) is 3.12. The third kappa shape index (κ3) is 2.74. The molecule has 1 rings (SSSR count). The van der Waals surface area contributed by atoms with Gasteiger partial charge in [-0.15, -0.1) is 0 Å². The summed E-state index contributed by atoms with van der Waals surface area (Å²) in [7, 11) is 0. The Labute approximate surface area is 101 Å². The second-order valence-electron chi connectivity index (χ2n) is 3.24. The minimum absolute atomic E-state index is 0.0342. The Morgan fingerprint density at radius 3 is 2.47 bits per heavy atom. The lowest BCUT2D eigenvalue weighted by Crippen LogP contribution is -2.02. The first-order valence-corrected chi connectivity index (χ1v) is 5.66. The van der Waals surface area contributed by atoms with E-state index in [2.05, 4.69) is 0 Å². The van der Waals surface area contributed by atoms with Crippen LogP contribution in [0.25, 0.3) is 0 Å². The number of halogens is 3. The summed E-state index contributed by atoms with van der Waals surface area (Å²) in [5.41, 5.74) is 1.11. The number of alkyl halides is 2. The zero-order valence-electron chi connectivity index (χ0n) is 8.48. The van der Waals surface area contributed by atoms with Gasteiger partial charge in [-0.3, -0.25) is 4.79 Å². The molecule has 0 bridgehead atoms. The van der Waals surface area contributed by atoms with Crippen molar-refractivity contribution in [3.8, 4) is 0 Å². The highest BCUT2D eigenvalue weighted by molar-refractivity contribution is 14.1. The van der Waals surface area contributed by atoms with Crippen LogP contribution in [0.2, 0.25) is 0 Å². The summed E-state index contributed by atoms with van der Waals surface area (Å²) in [6, 6.07) is 2.98. The van der Waals surface area contributed by atoms with Gasteiger partial charge in [0.05, 0.1) is 0 Å². The fourth-order valence-electron chi connectivity index (χ4n) is 1.41. The molecule has 0 heterocycles. The largest absolute Gasteiger partial charge is 0.294 e. The molecule has 0 amide bonds. The van der Waals surface area contributed by atoms with Crippen molar-refractivity contribution in [1.29, 1.82) is 0 Å². The summed E-state index contributed by atoms with van der Waals surface area (Å²) in [5.74, 6) is -0.0880. The maximum Gasteiger partial charge on any atom is 0.264 e. The van der Waals surface area contributed by atoms with E-state index in [1.54, 1.807) is 13.0 Å². The van der Waals surface area contributed by atoms with Crippen LogP contribution in [0.1, 0.15) is 41.8 Å². The van der Waals surface area contributed by atoms with E-state index in [0.717, 1.165) is 0 Å². The summed E-state index contributed by atoms with van der Waals surface area (Å²) in [6.45, 7) is 3.25. The molecule has 0 spiro atoms. The molecule has 1 aromatic rings. The standard InChI is InChI=1S/C11H11F2IO/c1-3-7-4-8(6(2)15)10(14)5-9(7)11(12)13/h4-5,11H,3H2,1-2H3. The molecule has 0 aliphatic rings. The minimum atomic E-state index is -2.48. The van der Waals surface area contributed by atoms with Crippen molar-refractivity contribution in [1.82, 2.24) is 0 Å². The summed E-state index contributed by atoms with van der Waals surface area (Å²) in [4.78, 5) is 11.2. The van der Waals surface area contributed by atoms with Gasteiger partial charge in [0.2, 0.25) is 0 Å². The van der Waals surface area contributed by atoms with Crippen LogP contribution in [0.15, 0.2) is 12.1 Å². The summed E-state index contributed by atoms with van der Waals surface area (Å²) in [5, 5.41) is 0. The molecule has 15 heavy (non-hydrogen) atoms. The van der Waals surface area contributed by atoms with Crippen molar-refractivity contribution < 1.29 is 13.6 Å². The first-order valence-electron chi connectivity index (χ1n) is 4.58. The van der Waals surface area contributed by atoms with Crippen molar-refractivity contribution in [2.45, 2.75) is 26.7 Å². The molecule has 0 N–H and O–H groups in total. The van der Waals surface area contributed by atoms with Crippen molar-refractivity contribution in [3.63, 3.8) is 0 Å². The van der Waals surface area contributed by atoms with Gasteiger partial charge in [0.1, 0.15) is 0 Å². The van der Waals surface area contributed by atoms with Crippen LogP contribution in [0, 0.1) is 3.57 Å². The molecule has 0 aromatic heterocycles. The Kier molecular flexibility index (Phi) is 4.19. The van der Waals surface area contributed by atoms with Crippen LogP contribution in [-0.2, 0) is 6.42 Å². The SMILES string of the molecule is CCc1cc(C(C)=O)c(I)cc1C(F)F. The molecular formula is C11H11F2IO. The molecule has 0 saturated carbocycles. The Morgan fingerprint density at radius 1 is 1.47 bits per heavy atom. The average Bonchev–Trinajstić information content (AvgIpc) is 2.16. The lowest BCUT2D eigenvalue weighted by molar-refractivity contribution is 0.101. The van der Waals surface area contributed by atoms with Crippen LogP contribution in [0.3, 0.4) is 0 Å². The number of carbonyl (C=O) groups is 1. The smallest absolute Gasteiger partial charge is 0.264 e. The number of rotatable bonds is 3. The number of benzene rings is 1. The second-order valence-corrected chi connectivity index (χ2v) is 4.40. The molecule has 0 unspecified atom stereocenters. The first-order chi connectivity index (χ1) is 6.97. The maximum absolute atomic E-state index is 12.6. The van der Waals surface area contributed by atoms with E-state index in [1.165, 1.54) is 13.0 Å². The Balaban J connectivity index is 3.35. The van der Waals surface area contributed by atoms with E-state index in [0.29, 0.717) is 21.1 Å². The van der Waals surface area contributed by atoms with E-state index in [1.807, 2.05) is 22.6 Å². The predicted molar refractivity (Wildman–Crippen MR) is 63.5 cm³/mol. The van der Waals surface area contributed by atoms with Crippen molar-refractivity contribution in [2.24, 2.45) is 0 Å². The highest BCUT2D eigenvalue weighted by Gasteiger charge is 2.16. The molecule has 0 aliphatic heterocycles. The summed E-state index contributed by atoms with van der Waals surface area (Å²) in [6.07, 6.45) is -1.97. The highest BCUT2D eigenvalue weighted by atomic mass is 127. The second kappa shape index (κ2) is 5.01. The van der Waals surface area contributed by atoms with Gasteiger partial charge in [0.15, 0.2) is 5.78 Å². The van der Waals surface area contributed by atoms with E-state index >= 15 is 0 Å². The maximum atomic E-state index is 12.6.